The van der Waals surface area contributed by atoms with Crippen LogP contribution in [0.3, 0.4) is 0 Å². The van der Waals surface area contributed by atoms with Crippen LogP contribution < -0.4 is 5.32 Å². The third-order valence-corrected chi connectivity index (χ3v) is 2.61. The molecule has 1 aromatic rings. The maximum Gasteiger partial charge on any atom is 0.289 e. The molecule has 0 saturated carbocycles. The Morgan fingerprint density at radius 1 is 1.67 bits per heavy atom. The SMILES string of the molecule is CC1CN(C(=O)c2ccco2)CCCN1. The van der Waals surface area contributed by atoms with Crippen molar-refractivity contribution >= 4 is 5.91 Å². The van der Waals surface area contributed by atoms with E-state index in [4.69, 9.17) is 4.42 Å². The van der Waals surface area contributed by atoms with Crippen LogP contribution in [0, 0.1) is 0 Å². The molecule has 0 aliphatic carbocycles. The summed E-state index contributed by atoms with van der Waals surface area (Å²) < 4.78 is 5.11. The predicted molar refractivity (Wildman–Crippen MR) is 56.7 cm³/mol. The fourth-order valence-corrected chi connectivity index (χ4v) is 1.85. The molecule has 1 atom stereocenters. The van der Waals surface area contributed by atoms with Crippen molar-refractivity contribution < 1.29 is 9.21 Å². The van der Waals surface area contributed by atoms with Crippen molar-refractivity contribution in [2.24, 2.45) is 0 Å². The second-order valence-corrected chi connectivity index (χ2v) is 3.94. The van der Waals surface area contributed by atoms with Crippen molar-refractivity contribution in [1.29, 1.82) is 0 Å². The first kappa shape index (κ1) is 10.2. The number of hydrogen-bond acceptors (Lipinski definition) is 3. The van der Waals surface area contributed by atoms with Crippen LogP contribution in [-0.4, -0.2) is 36.5 Å². The molecule has 0 aromatic carbocycles. The number of furan rings is 1. The zero-order chi connectivity index (χ0) is 10.7. The maximum atomic E-state index is 12.0. The average Bonchev–Trinajstić information content (AvgIpc) is 2.67. The van der Waals surface area contributed by atoms with Gasteiger partial charge in [0.1, 0.15) is 0 Å². The molecule has 1 aromatic heterocycles. The van der Waals surface area contributed by atoms with Gasteiger partial charge >= 0.3 is 0 Å². The van der Waals surface area contributed by atoms with Gasteiger partial charge in [-0.3, -0.25) is 4.79 Å². The van der Waals surface area contributed by atoms with Gasteiger partial charge in [0.05, 0.1) is 6.26 Å². The van der Waals surface area contributed by atoms with Crippen LogP contribution in [0.4, 0.5) is 0 Å². The minimum atomic E-state index is -0.00412. The first-order valence-electron chi connectivity index (χ1n) is 5.33. The maximum absolute atomic E-state index is 12.0. The largest absolute Gasteiger partial charge is 0.459 e. The molecule has 1 unspecified atom stereocenters. The smallest absolute Gasteiger partial charge is 0.289 e. The molecule has 82 valence electrons. The second-order valence-electron chi connectivity index (χ2n) is 3.94. The molecule has 15 heavy (non-hydrogen) atoms. The lowest BCUT2D eigenvalue weighted by Gasteiger charge is -2.21. The first-order chi connectivity index (χ1) is 7.27. The molecule has 1 fully saturated rings. The Balaban J connectivity index is 2.06. The number of nitrogens with one attached hydrogen (secondary N) is 1. The number of carbonyl (C=O) groups excluding carboxylic acids is 1. The summed E-state index contributed by atoms with van der Waals surface area (Å²) in [6.07, 6.45) is 2.53. The van der Waals surface area contributed by atoms with E-state index >= 15 is 0 Å². The normalized spacial score (nSPS) is 22.5. The van der Waals surface area contributed by atoms with Crippen LogP contribution in [0.15, 0.2) is 22.8 Å². The van der Waals surface area contributed by atoms with Crippen LogP contribution in [0.1, 0.15) is 23.9 Å². The van der Waals surface area contributed by atoms with E-state index in [-0.39, 0.29) is 5.91 Å². The summed E-state index contributed by atoms with van der Waals surface area (Å²) in [7, 11) is 0. The minimum Gasteiger partial charge on any atom is -0.459 e. The highest BCUT2D eigenvalue weighted by atomic mass is 16.3. The molecule has 1 amide bonds. The van der Waals surface area contributed by atoms with E-state index in [0.717, 1.165) is 26.1 Å². The van der Waals surface area contributed by atoms with Gasteiger partial charge in [-0.2, -0.15) is 0 Å². The second kappa shape index (κ2) is 4.49. The number of amides is 1. The van der Waals surface area contributed by atoms with Gasteiger partial charge in [0.2, 0.25) is 0 Å². The minimum absolute atomic E-state index is 0.00412. The third-order valence-electron chi connectivity index (χ3n) is 2.61. The molecule has 1 aliphatic rings. The van der Waals surface area contributed by atoms with E-state index in [1.807, 2.05) is 4.90 Å². The number of rotatable bonds is 1. The predicted octanol–water partition coefficient (Wildman–Crippen LogP) is 1.10. The molecular weight excluding hydrogens is 192 g/mol. The van der Waals surface area contributed by atoms with Crippen LogP contribution in [-0.2, 0) is 0 Å². The Hall–Kier alpha value is -1.29. The zero-order valence-electron chi connectivity index (χ0n) is 8.90. The van der Waals surface area contributed by atoms with Crippen LogP contribution in [0.25, 0.3) is 0 Å². The molecule has 2 rings (SSSR count). The Labute approximate surface area is 89.2 Å². The van der Waals surface area contributed by atoms with Crippen LogP contribution in [0.5, 0.6) is 0 Å². The summed E-state index contributed by atoms with van der Waals surface area (Å²) in [5.74, 6) is 0.430. The molecular formula is C11H16N2O2. The fourth-order valence-electron chi connectivity index (χ4n) is 1.85. The van der Waals surface area contributed by atoms with Gasteiger partial charge in [0.15, 0.2) is 5.76 Å². The summed E-state index contributed by atoms with van der Waals surface area (Å²) in [6.45, 7) is 4.62. The van der Waals surface area contributed by atoms with Gasteiger partial charge < -0.3 is 14.6 Å². The fraction of sp³-hybridized carbons (Fsp3) is 0.545. The lowest BCUT2D eigenvalue weighted by molar-refractivity contribution is 0.0723. The van der Waals surface area contributed by atoms with Gasteiger partial charge in [0.25, 0.3) is 5.91 Å². The molecule has 1 aliphatic heterocycles. The van der Waals surface area contributed by atoms with Crippen molar-refractivity contribution in [3.8, 4) is 0 Å². The van der Waals surface area contributed by atoms with Crippen molar-refractivity contribution in [1.82, 2.24) is 10.2 Å². The van der Waals surface area contributed by atoms with Gasteiger partial charge in [0, 0.05) is 19.1 Å². The summed E-state index contributed by atoms with van der Waals surface area (Å²) in [5, 5.41) is 3.35. The van der Waals surface area contributed by atoms with Gasteiger partial charge in [-0.15, -0.1) is 0 Å². The molecule has 4 nitrogen and oxygen atoms in total. The van der Waals surface area contributed by atoms with Crippen LogP contribution >= 0.6 is 0 Å². The Morgan fingerprint density at radius 2 is 2.53 bits per heavy atom. The third kappa shape index (κ3) is 2.39. The molecule has 1 N–H and O–H groups in total. The highest BCUT2D eigenvalue weighted by Gasteiger charge is 2.21. The molecule has 2 heterocycles. The van der Waals surface area contributed by atoms with E-state index in [2.05, 4.69) is 12.2 Å². The average molecular weight is 208 g/mol. The van der Waals surface area contributed by atoms with Gasteiger partial charge in [-0.05, 0) is 32.0 Å². The molecule has 4 heteroatoms. The highest BCUT2D eigenvalue weighted by Crippen LogP contribution is 2.08. The quantitative estimate of drug-likeness (QED) is 0.751. The van der Waals surface area contributed by atoms with E-state index in [0.29, 0.717) is 11.8 Å². The van der Waals surface area contributed by atoms with Crippen molar-refractivity contribution in [2.45, 2.75) is 19.4 Å². The summed E-state index contributed by atoms with van der Waals surface area (Å²) in [4.78, 5) is 13.8. The molecule has 0 spiro atoms. The Kier molecular flexibility index (Phi) is 3.06. The molecule has 1 saturated heterocycles. The summed E-state index contributed by atoms with van der Waals surface area (Å²) in [6, 6.07) is 3.81. The summed E-state index contributed by atoms with van der Waals surface area (Å²) in [5.41, 5.74) is 0. The number of hydrogen-bond donors (Lipinski definition) is 1. The van der Waals surface area contributed by atoms with Gasteiger partial charge in [-0.1, -0.05) is 0 Å². The standard InChI is InChI=1S/C11H16N2O2/c1-9-8-13(6-3-5-12-9)11(14)10-4-2-7-15-10/h2,4,7,9,12H,3,5-6,8H2,1H3. The zero-order valence-corrected chi connectivity index (χ0v) is 8.90. The van der Waals surface area contributed by atoms with Crippen molar-refractivity contribution in [3.63, 3.8) is 0 Å². The Morgan fingerprint density at radius 3 is 3.27 bits per heavy atom. The topological polar surface area (TPSA) is 45.5 Å². The lowest BCUT2D eigenvalue weighted by atomic mass is 10.3. The van der Waals surface area contributed by atoms with Crippen LogP contribution in [0.2, 0.25) is 0 Å². The number of carbonyl (C=O) groups is 1. The Bertz CT molecular complexity index is 321. The summed E-state index contributed by atoms with van der Waals surface area (Å²) >= 11 is 0. The highest BCUT2D eigenvalue weighted by molar-refractivity contribution is 5.91. The van der Waals surface area contributed by atoms with E-state index in [9.17, 15) is 4.79 Å². The first-order valence-corrected chi connectivity index (χ1v) is 5.33. The van der Waals surface area contributed by atoms with E-state index in [1.165, 1.54) is 6.26 Å². The van der Waals surface area contributed by atoms with E-state index < -0.39 is 0 Å². The van der Waals surface area contributed by atoms with Crippen molar-refractivity contribution in [3.05, 3.63) is 24.2 Å². The van der Waals surface area contributed by atoms with Crippen molar-refractivity contribution in [2.75, 3.05) is 19.6 Å². The molecule has 0 radical (unpaired) electrons. The van der Waals surface area contributed by atoms with E-state index in [1.54, 1.807) is 12.1 Å². The molecule has 0 bridgehead atoms. The monoisotopic (exact) mass is 208 g/mol. The number of nitrogens with zero attached hydrogens (tertiary/aromatic N) is 1. The lowest BCUT2D eigenvalue weighted by Crippen LogP contribution is -2.38. The van der Waals surface area contributed by atoms with Gasteiger partial charge in [-0.25, -0.2) is 0 Å².